The fraction of sp³-hybridized carbons (Fsp3) is 0.391. The Kier molecular flexibility index (Phi) is 11.2. The number of phenolic OH excluding ortho intramolecular Hbond substituents is 2. The van der Waals surface area contributed by atoms with Crippen LogP contribution in [0.2, 0.25) is 0 Å². The van der Waals surface area contributed by atoms with Crippen molar-refractivity contribution in [1.29, 1.82) is 0 Å². The van der Waals surface area contributed by atoms with Gasteiger partial charge in [0.15, 0.2) is 0 Å². The third kappa shape index (κ3) is 9.87. The number of para-hydroxylation sites is 2. The maximum Gasteiger partial charge on any atom is 0.124 e. The molecule has 156 valence electrons. The number of benzene rings is 2. The van der Waals surface area contributed by atoms with Crippen LogP contribution in [0, 0.1) is 0 Å². The number of phenols is 2. The van der Waals surface area contributed by atoms with E-state index in [1.165, 1.54) is 0 Å². The van der Waals surface area contributed by atoms with Crippen LogP contribution in [0.4, 0.5) is 0 Å². The van der Waals surface area contributed by atoms with E-state index in [4.69, 9.17) is 9.47 Å². The smallest absolute Gasteiger partial charge is 0.124 e. The second kappa shape index (κ2) is 14.3. The topological polar surface area (TPSA) is 83.6 Å². The predicted molar refractivity (Wildman–Crippen MR) is 117 cm³/mol. The molecule has 0 spiro atoms. The Morgan fingerprint density at radius 2 is 1.03 bits per heavy atom. The predicted octanol–water partition coefficient (Wildman–Crippen LogP) is 3.84. The lowest BCUT2D eigenvalue weighted by Crippen LogP contribution is -2.04. The van der Waals surface area contributed by atoms with Gasteiger partial charge in [-0.1, -0.05) is 24.3 Å². The number of hydrogen-bond donors (Lipinski definition) is 2. The normalized spacial score (nSPS) is 11.6. The van der Waals surface area contributed by atoms with Gasteiger partial charge in [-0.2, -0.15) is 0 Å². The highest BCUT2D eigenvalue weighted by molar-refractivity contribution is 5.83. The number of nitrogens with zero attached hydrogens (tertiary/aromatic N) is 2. The van der Waals surface area contributed by atoms with E-state index in [-0.39, 0.29) is 11.5 Å². The van der Waals surface area contributed by atoms with E-state index < -0.39 is 0 Å². The molecule has 0 atom stereocenters. The average molecular weight is 399 g/mol. The molecule has 0 aliphatic heterocycles. The Labute approximate surface area is 172 Å². The highest BCUT2D eigenvalue weighted by Gasteiger charge is 1.96. The van der Waals surface area contributed by atoms with Crippen molar-refractivity contribution in [2.24, 2.45) is 9.98 Å². The van der Waals surface area contributed by atoms with Crippen molar-refractivity contribution in [3.63, 3.8) is 0 Å². The molecule has 0 radical (unpaired) electrons. The summed E-state index contributed by atoms with van der Waals surface area (Å²) in [7, 11) is 0. The third-order valence-electron chi connectivity index (χ3n) is 4.06. The highest BCUT2D eigenvalue weighted by atomic mass is 16.5. The largest absolute Gasteiger partial charge is 0.507 e. The van der Waals surface area contributed by atoms with Gasteiger partial charge in [0, 0.05) is 63.1 Å². The molecular formula is C23H30N2O4. The Bertz CT molecular complexity index is 699. The van der Waals surface area contributed by atoms with Crippen molar-refractivity contribution in [2.75, 3.05) is 39.5 Å². The van der Waals surface area contributed by atoms with E-state index in [1.54, 1.807) is 36.7 Å². The summed E-state index contributed by atoms with van der Waals surface area (Å²) in [6.45, 7) is 4.03. The highest BCUT2D eigenvalue weighted by Crippen LogP contribution is 2.13. The molecular weight excluding hydrogens is 368 g/mol. The molecule has 2 N–H and O–H groups in total. The molecule has 0 saturated carbocycles. The van der Waals surface area contributed by atoms with Crippen molar-refractivity contribution >= 4 is 12.4 Å². The van der Waals surface area contributed by atoms with E-state index in [2.05, 4.69) is 9.98 Å². The summed E-state index contributed by atoms with van der Waals surface area (Å²) < 4.78 is 11.1. The first-order valence-electron chi connectivity index (χ1n) is 9.98. The van der Waals surface area contributed by atoms with Gasteiger partial charge < -0.3 is 19.7 Å². The van der Waals surface area contributed by atoms with Gasteiger partial charge in [-0.05, 0) is 43.5 Å². The lowest BCUT2D eigenvalue weighted by Gasteiger charge is -2.04. The van der Waals surface area contributed by atoms with Crippen LogP contribution < -0.4 is 0 Å². The Morgan fingerprint density at radius 1 is 0.621 bits per heavy atom. The molecule has 2 aromatic carbocycles. The summed E-state index contributed by atoms with van der Waals surface area (Å²) in [5.41, 5.74) is 1.46. The van der Waals surface area contributed by atoms with Crippen molar-refractivity contribution in [3.8, 4) is 11.5 Å². The first kappa shape index (κ1) is 22.6. The van der Waals surface area contributed by atoms with Crippen molar-refractivity contribution in [3.05, 3.63) is 59.7 Å². The minimum absolute atomic E-state index is 0.245. The summed E-state index contributed by atoms with van der Waals surface area (Å²) in [4.78, 5) is 8.59. The SMILES string of the molecule is Oc1ccccc1C=NCCCOCCCOCCCN=Cc1ccccc1O. The van der Waals surface area contributed by atoms with Crippen LogP contribution >= 0.6 is 0 Å². The Balaban J connectivity index is 1.37. The summed E-state index contributed by atoms with van der Waals surface area (Å²) in [6.07, 6.45) is 5.94. The lowest BCUT2D eigenvalue weighted by molar-refractivity contribution is 0.0821. The van der Waals surface area contributed by atoms with Crippen molar-refractivity contribution < 1.29 is 19.7 Å². The minimum atomic E-state index is 0.245. The Hall–Kier alpha value is -2.70. The molecule has 0 unspecified atom stereocenters. The molecule has 0 fully saturated rings. The molecule has 0 amide bonds. The van der Waals surface area contributed by atoms with Gasteiger partial charge in [0.2, 0.25) is 0 Å². The minimum Gasteiger partial charge on any atom is -0.507 e. The molecule has 2 rings (SSSR count). The number of hydrogen-bond acceptors (Lipinski definition) is 6. The van der Waals surface area contributed by atoms with E-state index in [9.17, 15) is 10.2 Å². The maximum absolute atomic E-state index is 9.63. The van der Waals surface area contributed by atoms with Crippen LogP contribution in [0.25, 0.3) is 0 Å². The van der Waals surface area contributed by atoms with E-state index in [0.717, 1.165) is 30.4 Å². The second-order valence-electron chi connectivity index (χ2n) is 6.47. The monoisotopic (exact) mass is 398 g/mol. The molecule has 0 aromatic heterocycles. The zero-order valence-corrected chi connectivity index (χ0v) is 16.7. The number of rotatable bonds is 14. The molecule has 0 aliphatic carbocycles. The van der Waals surface area contributed by atoms with Crippen LogP contribution in [0.5, 0.6) is 11.5 Å². The second-order valence-corrected chi connectivity index (χ2v) is 6.47. The Morgan fingerprint density at radius 3 is 1.48 bits per heavy atom. The molecule has 6 nitrogen and oxygen atoms in total. The van der Waals surface area contributed by atoms with Crippen molar-refractivity contribution in [2.45, 2.75) is 19.3 Å². The van der Waals surface area contributed by atoms with Gasteiger partial charge in [0.05, 0.1) is 0 Å². The summed E-state index contributed by atoms with van der Waals surface area (Å²) in [6, 6.07) is 14.3. The van der Waals surface area contributed by atoms with Crippen LogP contribution in [-0.2, 0) is 9.47 Å². The van der Waals surface area contributed by atoms with E-state index >= 15 is 0 Å². The zero-order chi connectivity index (χ0) is 20.6. The van der Waals surface area contributed by atoms with Crippen LogP contribution in [0.3, 0.4) is 0 Å². The molecule has 0 saturated heterocycles. The van der Waals surface area contributed by atoms with Crippen molar-refractivity contribution in [1.82, 2.24) is 0 Å². The van der Waals surface area contributed by atoms with E-state index in [1.807, 2.05) is 24.3 Å². The standard InChI is InChI=1S/C23H30N2O4/c26-22-10-3-1-8-20(22)18-24-12-5-14-28-16-7-17-29-15-6-13-25-19-21-9-2-4-11-23(21)27/h1-4,8-11,18-19,26-27H,5-7,12-17H2. The van der Waals surface area contributed by atoms with Crippen LogP contribution in [0.1, 0.15) is 30.4 Å². The summed E-state index contributed by atoms with van der Waals surface area (Å²) in [5, 5.41) is 19.3. The van der Waals surface area contributed by atoms with Gasteiger partial charge in [-0.3, -0.25) is 9.98 Å². The molecule has 2 aromatic rings. The number of aliphatic imine (C=N–C) groups is 2. The summed E-state index contributed by atoms with van der Waals surface area (Å²) in [5.74, 6) is 0.490. The summed E-state index contributed by atoms with van der Waals surface area (Å²) >= 11 is 0. The fourth-order valence-corrected chi connectivity index (χ4v) is 2.50. The number of aromatic hydroxyl groups is 2. The van der Waals surface area contributed by atoms with Crippen LogP contribution in [0.15, 0.2) is 58.5 Å². The molecule has 0 aliphatic rings. The lowest BCUT2D eigenvalue weighted by atomic mass is 10.2. The molecule has 6 heteroatoms. The van der Waals surface area contributed by atoms with Gasteiger partial charge in [0.1, 0.15) is 11.5 Å². The van der Waals surface area contributed by atoms with Gasteiger partial charge in [-0.15, -0.1) is 0 Å². The van der Waals surface area contributed by atoms with E-state index in [0.29, 0.717) is 39.5 Å². The first-order chi connectivity index (χ1) is 14.3. The molecule has 29 heavy (non-hydrogen) atoms. The average Bonchev–Trinajstić information content (AvgIpc) is 2.73. The zero-order valence-electron chi connectivity index (χ0n) is 16.7. The van der Waals surface area contributed by atoms with Gasteiger partial charge in [0.25, 0.3) is 0 Å². The molecule has 0 heterocycles. The number of ether oxygens (including phenoxy) is 2. The van der Waals surface area contributed by atoms with Crippen LogP contribution in [-0.4, -0.2) is 62.2 Å². The first-order valence-corrected chi connectivity index (χ1v) is 9.98. The fourth-order valence-electron chi connectivity index (χ4n) is 2.50. The quantitative estimate of drug-likeness (QED) is 0.374. The third-order valence-corrected chi connectivity index (χ3v) is 4.06. The molecule has 0 bridgehead atoms. The van der Waals surface area contributed by atoms with Gasteiger partial charge >= 0.3 is 0 Å². The van der Waals surface area contributed by atoms with Gasteiger partial charge in [-0.25, -0.2) is 0 Å². The maximum atomic E-state index is 9.63.